The minimum absolute atomic E-state index is 0.0656. The highest BCUT2D eigenvalue weighted by Crippen LogP contribution is 2.60. The number of aromatic carboxylic acids is 1. The van der Waals surface area contributed by atoms with Gasteiger partial charge in [0.1, 0.15) is 0 Å². The number of carbonyl (C=O) groups is 1. The largest absolute Gasteiger partial charge is 0.478 e. The SMILES string of the molecule is Cc1cnc(C23CC4CC(CC(C4)C2)C3)c(C(=O)O)c1. The minimum Gasteiger partial charge on any atom is -0.478 e. The summed E-state index contributed by atoms with van der Waals surface area (Å²) in [4.78, 5) is 16.2. The van der Waals surface area contributed by atoms with Gasteiger partial charge in [0.15, 0.2) is 0 Å². The summed E-state index contributed by atoms with van der Waals surface area (Å²) in [6.07, 6.45) is 9.44. The number of aryl methyl sites for hydroxylation is 1. The lowest BCUT2D eigenvalue weighted by atomic mass is 9.48. The molecule has 4 fully saturated rings. The van der Waals surface area contributed by atoms with Crippen LogP contribution in [0, 0.1) is 24.7 Å². The number of carboxylic acid groups (broad SMARTS) is 1. The van der Waals surface area contributed by atoms with E-state index < -0.39 is 5.97 Å². The van der Waals surface area contributed by atoms with Crippen LogP contribution in [-0.4, -0.2) is 16.1 Å². The number of aromatic nitrogens is 1. The molecule has 0 aliphatic heterocycles. The number of hydrogen-bond acceptors (Lipinski definition) is 2. The molecule has 0 saturated heterocycles. The molecule has 0 aromatic carbocycles. The number of nitrogens with zero attached hydrogens (tertiary/aromatic N) is 1. The zero-order chi connectivity index (χ0) is 13.9. The molecule has 1 aromatic heterocycles. The Morgan fingerprint density at radius 2 is 1.75 bits per heavy atom. The van der Waals surface area contributed by atoms with Gasteiger partial charge in [0.25, 0.3) is 0 Å². The van der Waals surface area contributed by atoms with Crippen molar-refractivity contribution in [3.8, 4) is 0 Å². The predicted molar refractivity (Wildman–Crippen MR) is 75.8 cm³/mol. The van der Waals surface area contributed by atoms with Gasteiger partial charge < -0.3 is 5.11 Å². The first-order valence-electron chi connectivity index (χ1n) is 7.76. The third kappa shape index (κ3) is 1.72. The van der Waals surface area contributed by atoms with Crippen LogP contribution in [0.4, 0.5) is 0 Å². The van der Waals surface area contributed by atoms with Gasteiger partial charge in [-0.2, -0.15) is 0 Å². The minimum atomic E-state index is -0.813. The van der Waals surface area contributed by atoms with E-state index in [9.17, 15) is 9.90 Å². The Labute approximate surface area is 119 Å². The molecule has 0 amide bonds. The zero-order valence-electron chi connectivity index (χ0n) is 11.9. The van der Waals surface area contributed by atoms with Gasteiger partial charge >= 0.3 is 5.97 Å². The maximum Gasteiger partial charge on any atom is 0.337 e. The molecule has 106 valence electrons. The van der Waals surface area contributed by atoms with Crippen molar-refractivity contribution in [2.24, 2.45) is 17.8 Å². The molecule has 5 rings (SSSR count). The van der Waals surface area contributed by atoms with Crippen molar-refractivity contribution in [3.05, 3.63) is 29.1 Å². The molecule has 4 aliphatic rings. The van der Waals surface area contributed by atoms with E-state index >= 15 is 0 Å². The van der Waals surface area contributed by atoms with Crippen molar-refractivity contribution in [1.29, 1.82) is 0 Å². The molecule has 0 spiro atoms. The summed E-state index contributed by atoms with van der Waals surface area (Å²) >= 11 is 0. The summed E-state index contributed by atoms with van der Waals surface area (Å²) in [5.41, 5.74) is 2.34. The van der Waals surface area contributed by atoms with Crippen LogP contribution in [-0.2, 0) is 5.41 Å². The van der Waals surface area contributed by atoms with E-state index in [-0.39, 0.29) is 5.41 Å². The van der Waals surface area contributed by atoms with Crippen LogP contribution in [0.25, 0.3) is 0 Å². The lowest BCUT2D eigenvalue weighted by molar-refractivity contribution is -0.00788. The van der Waals surface area contributed by atoms with E-state index in [2.05, 4.69) is 4.98 Å². The first-order chi connectivity index (χ1) is 9.56. The fourth-order valence-corrected chi connectivity index (χ4v) is 5.56. The van der Waals surface area contributed by atoms with E-state index in [1.807, 2.05) is 19.2 Å². The smallest absolute Gasteiger partial charge is 0.337 e. The zero-order valence-corrected chi connectivity index (χ0v) is 11.9. The Bertz CT molecular complexity index is 543. The fourth-order valence-electron chi connectivity index (χ4n) is 5.56. The monoisotopic (exact) mass is 271 g/mol. The van der Waals surface area contributed by atoms with Gasteiger partial charge in [0, 0.05) is 11.6 Å². The highest BCUT2D eigenvalue weighted by Gasteiger charge is 2.53. The molecule has 0 atom stereocenters. The molecule has 20 heavy (non-hydrogen) atoms. The van der Waals surface area contributed by atoms with Crippen molar-refractivity contribution >= 4 is 5.97 Å². The van der Waals surface area contributed by atoms with Crippen molar-refractivity contribution in [2.75, 3.05) is 0 Å². The summed E-state index contributed by atoms with van der Waals surface area (Å²) in [7, 11) is 0. The lowest BCUT2D eigenvalue weighted by Gasteiger charge is -2.56. The van der Waals surface area contributed by atoms with Crippen LogP contribution in [0.15, 0.2) is 12.3 Å². The van der Waals surface area contributed by atoms with Crippen molar-refractivity contribution in [3.63, 3.8) is 0 Å². The second-order valence-electron chi connectivity index (χ2n) is 7.41. The van der Waals surface area contributed by atoms with Crippen LogP contribution in [0.3, 0.4) is 0 Å². The molecule has 0 unspecified atom stereocenters. The maximum atomic E-state index is 11.6. The molecular formula is C17H21NO2. The lowest BCUT2D eigenvalue weighted by Crippen LogP contribution is -2.49. The molecule has 1 aromatic rings. The highest BCUT2D eigenvalue weighted by atomic mass is 16.4. The van der Waals surface area contributed by atoms with E-state index in [0.717, 1.165) is 48.3 Å². The Morgan fingerprint density at radius 1 is 1.20 bits per heavy atom. The predicted octanol–water partition coefficient (Wildman–Crippen LogP) is 3.56. The molecule has 4 saturated carbocycles. The Hall–Kier alpha value is -1.38. The first kappa shape index (κ1) is 12.4. The summed E-state index contributed by atoms with van der Waals surface area (Å²) in [5, 5.41) is 9.55. The number of hydrogen-bond donors (Lipinski definition) is 1. The van der Waals surface area contributed by atoms with Crippen LogP contribution in [0.5, 0.6) is 0 Å². The second kappa shape index (κ2) is 4.06. The summed E-state index contributed by atoms with van der Waals surface area (Å²) < 4.78 is 0. The normalized spacial score (nSPS) is 38.1. The Balaban J connectivity index is 1.83. The Morgan fingerprint density at radius 3 is 2.25 bits per heavy atom. The molecule has 1 N–H and O–H groups in total. The van der Waals surface area contributed by atoms with Crippen LogP contribution in [0.1, 0.15) is 60.1 Å². The topological polar surface area (TPSA) is 50.2 Å². The van der Waals surface area contributed by atoms with Gasteiger partial charge in [-0.25, -0.2) is 4.79 Å². The van der Waals surface area contributed by atoms with Crippen molar-refractivity contribution < 1.29 is 9.90 Å². The quantitative estimate of drug-likeness (QED) is 0.894. The molecule has 3 nitrogen and oxygen atoms in total. The summed E-state index contributed by atoms with van der Waals surface area (Å²) in [6.45, 7) is 1.92. The third-order valence-corrected chi connectivity index (χ3v) is 5.80. The van der Waals surface area contributed by atoms with E-state index in [4.69, 9.17) is 0 Å². The maximum absolute atomic E-state index is 11.6. The standard InChI is InChI=1S/C17H21NO2/c1-10-2-14(16(19)20)15(18-9-10)17-6-11-3-12(7-17)5-13(4-11)8-17/h2,9,11-13H,3-8H2,1H3,(H,19,20). The van der Waals surface area contributed by atoms with Gasteiger partial charge in [0.2, 0.25) is 0 Å². The highest BCUT2D eigenvalue weighted by molar-refractivity contribution is 5.89. The fraction of sp³-hybridized carbons (Fsp3) is 0.647. The van der Waals surface area contributed by atoms with Crippen LogP contribution in [0.2, 0.25) is 0 Å². The van der Waals surface area contributed by atoms with Gasteiger partial charge in [-0.3, -0.25) is 4.98 Å². The average Bonchev–Trinajstić information content (AvgIpc) is 2.36. The van der Waals surface area contributed by atoms with Gasteiger partial charge in [-0.15, -0.1) is 0 Å². The van der Waals surface area contributed by atoms with Gasteiger partial charge in [-0.05, 0) is 74.8 Å². The molecule has 4 aliphatic carbocycles. The molecule has 1 heterocycles. The van der Waals surface area contributed by atoms with E-state index in [1.54, 1.807) is 0 Å². The average molecular weight is 271 g/mol. The van der Waals surface area contributed by atoms with Crippen molar-refractivity contribution in [2.45, 2.75) is 50.9 Å². The van der Waals surface area contributed by atoms with Gasteiger partial charge in [0.05, 0.1) is 11.3 Å². The molecular weight excluding hydrogens is 250 g/mol. The van der Waals surface area contributed by atoms with Crippen LogP contribution < -0.4 is 0 Å². The van der Waals surface area contributed by atoms with Gasteiger partial charge in [-0.1, -0.05) is 0 Å². The first-order valence-corrected chi connectivity index (χ1v) is 7.76. The molecule has 3 heteroatoms. The number of carboxylic acids is 1. The van der Waals surface area contributed by atoms with E-state index in [0.29, 0.717) is 5.56 Å². The third-order valence-electron chi connectivity index (χ3n) is 5.80. The van der Waals surface area contributed by atoms with Crippen LogP contribution >= 0.6 is 0 Å². The Kier molecular flexibility index (Phi) is 2.51. The summed E-state index contributed by atoms with van der Waals surface area (Å²) in [5.74, 6) is 1.62. The van der Waals surface area contributed by atoms with E-state index in [1.165, 1.54) is 19.3 Å². The number of rotatable bonds is 2. The second-order valence-corrected chi connectivity index (χ2v) is 7.41. The number of pyridine rings is 1. The summed E-state index contributed by atoms with van der Waals surface area (Å²) in [6, 6.07) is 1.81. The van der Waals surface area contributed by atoms with Crippen molar-refractivity contribution in [1.82, 2.24) is 4.98 Å². The molecule has 4 bridgehead atoms. The molecule has 0 radical (unpaired) electrons.